The Morgan fingerprint density at radius 3 is 2.67 bits per heavy atom. The molecule has 0 aromatic carbocycles. The summed E-state index contributed by atoms with van der Waals surface area (Å²) < 4.78 is 28.6. The van der Waals surface area contributed by atoms with Crippen molar-refractivity contribution in [1.29, 1.82) is 0 Å². The molecular weight excluding hydrogens is 252 g/mol. The van der Waals surface area contributed by atoms with Crippen LogP contribution in [0, 0.1) is 11.8 Å². The molecule has 1 aliphatic rings. The van der Waals surface area contributed by atoms with Crippen molar-refractivity contribution in [2.24, 2.45) is 11.8 Å². The van der Waals surface area contributed by atoms with Gasteiger partial charge in [0.05, 0.1) is 0 Å². The molecule has 1 saturated heterocycles. The van der Waals surface area contributed by atoms with E-state index in [1.165, 1.54) is 4.31 Å². The van der Waals surface area contributed by atoms with Gasteiger partial charge in [-0.2, -0.15) is 17.4 Å². The monoisotopic (exact) mass is 278 g/mol. The van der Waals surface area contributed by atoms with Crippen LogP contribution in [0.3, 0.4) is 0 Å². The second-order valence-corrected chi connectivity index (χ2v) is 7.05. The van der Waals surface area contributed by atoms with E-state index in [1.807, 2.05) is 13.8 Å². The second-order valence-electron chi connectivity index (χ2n) is 5.35. The van der Waals surface area contributed by atoms with Crippen LogP contribution in [0.4, 0.5) is 0 Å². The number of aliphatic hydroxyl groups is 1. The smallest absolute Gasteiger partial charge is 0.279 e. The van der Waals surface area contributed by atoms with E-state index in [9.17, 15) is 8.42 Å². The number of hydrogen-bond donors (Lipinski definition) is 2. The Morgan fingerprint density at radius 1 is 1.44 bits per heavy atom. The average Bonchev–Trinajstić information content (AvgIpc) is 2.37. The van der Waals surface area contributed by atoms with Crippen LogP contribution in [0.15, 0.2) is 0 Å². The van der Waals surface area contributed by atoms with E-state index in [0.29, 0.717) is 19.0 Å². The zero-order valence-corrected chi connectivity index (χ0v) is 12.4. The highest BCUT2D eigenvalue weighted by molar-refractivity contribution is 7.87. The van der Waals surface area contributed by atoms with Crippen molar-refractivity contribution in [3.05, 3.63) is 0 Å². The van der Waals surface area contributed by atoms with Gasteiger partial charge in [0.15, 0.2) is 0 Å². The summed E-state index contributed by atoms with van der Waals surface area (Å²) in [7, 11) is -3.41. The summed E-state index contributed by atoms with van der Waals surface area (Å²) in [5.74, 6) is 0.396. The lowest BCUT2D eigenvalue weighted by molar-refractivity contribution is 0.164. The Morgan fingerprint density at radius 2 is 2.11 bits per heavy atom. The number of piperidine rings is 1. The third-order valence-corrected chi connectivity index (χ3v) is 5.59. The second kappa shape index (κ2) is 6.84. The fraction of sp³-hybridized carbons (Fsp3) is 1.00. The predicted molar refractivity (Wildman–Crippen MR) is 72.4 cm³/mol. The molecule has 1 heterocycles. The first kappa shape index (κ1) is 15.9. The highest BCUT2D eigenvalue weighted by atomic mass is 32.2. The Labute approximate surface area is 111 Å². The molecule has 5 nitrogen and oxygen atoms in total. The van der Waals surface area contributed by atoms with Gasteiger partial charge in [-0.1, -0.05) is 20.3 Å². The normalized spacial score (nSPS) is 25.9. The number of aliphatic hydroxyl groups excluding tert-OH is 1. The molecule has 0 aliphatic carbocycles. The summed E-state index contributed by atoms with van der Waals surface area (Å²) in [5, 5.41) is 9.14. The SMILES string of the molecule is CCC(C)C(C)NS(=O)(=O)N1CCCC(CO)C1. The Kier molecular flexibility index (Phi) is 6.04. The number of rotatable bonds is 6. The number of hydrogen-bond acceptors (Lipinski definition) is 3. The van der Waals surface area contributed by atoms with Crippen LogP contribution in [0.5, 0.6) is 0 Å². The third kappa shape index (κ3) is 4.19. The van der Waals surface area contributed by atoms with E-state index in [-0.39, 0.29) is 18.6 Å². The molecule has 2 N–H and O–H groups in total. The van der Waals surface area contributed by atoms with Gasteiger partial charge in [-0.05, 0) is 31.6 Å². The molecule has 108 valence electrons. The molecule has 0 bridgehead atoms. The molecule has 3 unspecified atom stereocenters. The lowest BCUT2D eigenvalue weighted by atomic mass is 10.0. The lowest BCUT2D eigenvalue weighted by Crippen LogP contribution is -2.50. The molecule has 3 atom stereocenters. The maximum Gasteiger partial charge on any atom is 0.279 e. The number of nitrogens with one attached hydrogen (secondary N) is 1. The molecule has 0 saturated carbocycles. The molecule has 1 rings (SSSR count). The largest absolute Gasteiger partial charge is 0.396 e. The van der Waals surface area contributed by atoms with Crippen LogP contribution < -0.4 is 4.72 Å². The fourth-order valence-corrected chi connectivity index (χ4v) is 3.80. The summed E-state index contributed by atoms with van der Waals surface area (Å²) in [6, 6.07) is -0.0606. The highest BCUT2D eigenvalue weighted by Gasteiger charge is 2.30. The van der Waals surface area contributed by atoms with Gasteiger partial charge in [0.2, 0.25) is 0 Å². The van der Waals surface area contributed by atoms with Crippen molar-refractivity contribution in [2.75, 3.05) is 19.7 Å². The van der Waals surface area contributed by atoms with E-state index < -0.39 is 10.2 Å². The highest BCUT2D eigenvalue weighted by Crippen LogP contribution is 2.19. The average molecular weight is 278 g/mol. The van der Waals surface area contributed by atoms with Gasteiger partial charge >= 0.3 is 0 Å². The summed E-state index contributed by atoms with van der Waals surface area (Å²) in [5.41, 5.74) is 0. The van der Waals surface area contributed by atoms with Gasteiger partial charge in [-0.15, -0.1) is 0 Å². The molecule has 0 amide bonds. The maximum atomic E-state index is 12.2. The van der Waals surface area contributed by atoms with Crippen molar-refractivity contribution in [1.82, 2.24) is 9.03 Å². The van der Waals surface area contributed by atoms with E-state index in [0.717, 1.165) is 19.3 Å². The van der Waals surface area contributed by atoms with Crippen molar-refractivity contribution in [2.45, 2.75) is 46.1 Å². The van der Waals surface area contributed by atoms with Gasteiger partial charge in [-0.3, -0.25) is 0 Å². The minimum atomic E-state index is -3.41. The fourth-order valence-electron chi connectivity index (χ4n) is 2.17. The molecule has 18 heavy (non-hydrogen) atoms. The first-order valence-electron chi connectivity index (χ1n) is 6.79. The Balaban J connectivity index is 2.62. The first-order chi connectivity index (χ1) is 8.40. The summed E-state index contributed by atoms with van der Waals surface area (Å²) in [4.78, 5) is 0. The molecule has 0 radical (unpaired) electrons. The van der Waals surface area contributed by atoms with Crippen molar-refractivity contribution < 1.29 is 13.5 Å². The van der Waals surface area contributed by atoms with Crippen LogP contribution in [0.2, 0.25) is 0 Å². The minimum Gasteiger partial charge on any atom is -0.396 e. The molecular formula is C12H26N2O3S. The van der Waals surface area contributed by atoms with Crippen LogP contribution >= 0.6 is 0 Å². The zero-order valence-electron chi connectivity index (χ0n) is 11.6. The van der Waals surface area contributed by atoms with Gasteiger partial charge in [0.25, 0.3) is 10.2 Å². The van der Waals surface area contributed by atoms with E-state index in [2.05, 4.69) is 11.6 Å². The standard InChI is InChI=1S/C12H26N2O3S/c1-4-10(2)11(3)13-18(16,17)14-7-5-6-12(8-14)9-15/h10-13,15H,4-9H2,1-3H3. The zero-order chi connectivity index (χ0) is 13.8. The van der Waals surface area contributed by atoms with Gasteiger partial charge < -0.3 is 5.11 Å². The number of nitrogens with zero attached hydrogens (tertiary/aromatic N) is 1. The minimum absolute atomic E-state index is 0.0606. The van der Waals surface area contributed by atoms with Crippen molar-refractivity contribution in [3.63, 3.8) is 0 Å². The quantitative estimate of drug-likeness (QED) is 0.760. The first-order valence-corrected chi connectivity index (χ1v) is 8.23. The van der Waals surface area contributed by atoms with Crippen LogP contribution in [0.25, 0.3) is 0 Å². The van der Waals surface area contributed by atoms with Crippen LogP contribution in [0.1, 0.15) is 40.0 Å². The molecule has 0 spiro atoms. The maximum absolute atomic E-state index is 12.2. The summed E-state index contributed by atoms with van der Waals surface area (Å²) in [6.45, 7) is 7.04. The van der Waals surface area contributed by atoms with E-state index >= 15 is 0 Å². The van der Waals surface area contributed by atoms with Gasteiger partial charge in [-0.25, -0.2) is 0 Å². The Hall–Kier alpha value is -0.170. The summed E-state index contributed by atoms with van der Waals surface area (Å²) >= 11 is 0. The predicted octanol–water partition coefficient (Wildman–Crippen LogP) is 0.960. The van der Waals surface area contributed by atoms with Crippen molar-refractivity contribution in [3.8, 4) is 0 Å². The van der Waals surface area contributed by atoms with Gasteiger partial charge in [0, 0.05) is 25.7 Å². The third-order valence-electron chi connectivity index (χ3n) is 3.91. The topological polar surface area (TPSA) is 69.6 Å². The molecule has 0 aromatic heterocycles. The molecule has 6 heteroatoms. The van der Waals surface area contributed by atoms with Crippen LogP contribution in [-0.4, -0.2) is 43.6 Å². The Bertz CT molecular complexity index is 345. The molecule has 0 aromatic rings. The van der Waals surface area contributed by atoms with Crippen LogP contribution in [-0.2, 0) is 10.2 Å². The van der Waals surface area contributed by atoms with E-state index in [4.69, 9.17) is 5.11 Å². The lowest BCUT2D eigenvalue weighted by Gasteiger charge is -2.32. The molecule has 1 fully saturated rings. The van der Waals surface area contributed by atoms with Gasteiger partial charge in [0.1, 0.15) is 0 Å². The van der Waals surface area contributed by atoms with E-state index in [1.54, 1.807) is 0 Å². The van der Waals surface area contributed by atoms with Crippen molar-refractivity contribution >= 4 is 10.2 Å². The summed E-state index contributed by atoms with van der Waals surface area (Å²) in [6.07, 6.45) is 2.68. The molecule has 1 aliphatic heterocycles.